The molecular weight excluding hydrogens is 387 g/mol. The van der Waals surface area contributed by atoms with Gasteiger partial charge in [0, 0.05) is 24.9 Å². The van der Waals surface area contributed by atoms with Crippen molar-refractivity contribution in [2.75, 3.05) is 11.6 Å². The van der Waals surface area contributed by atoms with E-state index in [1.54, 1.807) is 29.3 Å². The van der Waals surface area contributed by atoms with Crippen LogP contribution < -0.4 is 16.0 Å². The molecule has 2 aliphatic heterocycles. The minimum atomic E-state index is -0.168. The van der Waals surface area contributed by atoms with Crippen LogP contribution in [0.4, 0.5) is 5.95 Å². The number of nitrogens with one attached hydrogen (secondary N) is 2. The van der Waals surface area contributed by atoms with Crippen molar-refractivity contribution in [3.63, 3.8) is 0 Å². The summed E-state index contributed by atoms with van der Waals surface area (Å²) in [5.74, 6) is 0.422. The lowest BCUT2D eigenvalue weighted by molar-refractivity contribution is 0.0703. The van der Waals surface area contributed by atoms with Crippen LogP contribution in [-0.2, 0) is 0 Å². The summed E-state index contributed by atoms with van der Waals surface area (Å²) >= 11 is 12.3. The highest BCUT2D eigenvalue weighted by molar-refractivity contribution is 6.43. The molecule has 0 aliphatic carbocycles. The molecule has 1 aromatic heterocycles. The zero-order chi connectivity index (χ0) is 19.1. The second kappa shape index (κ2) is 6.99. The Morgan fingerprint density at radius 1 is 1.30 bits per heavy atom. The molecule has 0 spiro atoms. The van der Waals surface area contributed by atoms with Crippen LogP contribution in [0, 0.1) is 6.92 Å². The first kappa shape index (κ1) is 18.0. The Morgan fingerprint density at radius 2 is 2.11 bits per heavy atom. The van der Waals surface area contributed by atoms with E-state index < -0.39 is 0 Å². The summed E-state index contributed by atoms with van der Waals surface area (Å²) in [6.45, 7) is 4.44. The smallest absolute Gasteiger partial charge is 0.255 e. The van der Waals surface area contributed by atoms with Gasteiger partial charge in [0.1, 0.15) is 0 Å². The van der Waals surface area contributed by atoms with Gasteiger partial charge in [-0.2, -0.15) is 0 Å². The van der Waals surface area contributed by atoms with Gasteiger partial charge in [0.25, 0.3) is 5.91 Å². The van der Waals surface area contributed by atoms with Crippen LogP contribution in [0.3, 0.4) is 0 Å². The number of aryl methyl sites for hydroxylation is 1. The molecule has 140 valence electrons. The summed E-state index contributed by atoms with van der Waals surface area (Å²) in [5.41, 5.74) is 9.48. The van der Waals surface area contributed by atoms with Crippen LogP contribution in [0.5, 0.6) is 0 Å². The van der Waals surface area contributed by atoms with E-state index in [0.29, 0.717) is 29.5 Å². The molecule has 0 unspecified atom stereocenters. The van der Waals surface area contributed by atoms with E-state index in [1.165, 1.54) is 0 Å². The Morgan fingerprint density at radius 3 is 2.89 bits per heavy atom. The number of halogens is 2. The highest BCUT2D eigenvalue weighted by Crippen LogP contribution is 2.32. The lowest BCUT2D eigenvalue weighted by atomic mass is 10.0. The SMILES string of the molecule is Cc1ccnc(N2NNC3=C2CCN(C(=O)c2cccc(Cl)c2Cl)[C@@H]3C)n1. The van der Waals surface area contributed by atoms with Crippen molar-refractivity contribution >= 4 is 35.1 Å². The van der Waals surface area contributed by atoms with E-state index in [2.05, 4.69) is 20.9 Å². The van der Waals surface area contributed by atoms with E-state index >= 15 is 0 Å². The second-order valence-corrected chi connectivity index (χ2v) is 7.24. The molecule has 9 heteroatoms. The van der Waals surface area contributed by atoms with Gasteiger partial charge >= 0.3 is 0 Å². The number of anilines is 1. The molecule has 2 aromatic rings. The largest absolute Gasteiger partial charge is 0.330 e. The molecular formula is C18H18Cl2N6O. The zero-order valence-electron chi connectivity index (χ0n) is 14.8. The molecule has 2 aliphatic rings. The maximum atomic E-state index is 13.0. The molecule has 0 saturated heterocycles. The first-order valence-corrected chi connectivity index (χ1v) is 9.32. The lowest BCUT2D eigenvalue weighted by Gasteiger charge is -2.34. The monoisotopic (exact) mass is 404 g/mol. The van der Waals surface area contributed by atoms with Crippen LogP contribution in [0.25, 0.3) is 0 Å². The fourth-order valence-corrected chi connectivity index (χ4v) is 3.74. The van der Waals surface area contributed by atoms with Gasteiger partial charge < -0.3 is 10.3 Å². The fourth-order valence-electron chi connectivity index (χ4n) is 3.36. The van der Waals surface area contributed by atoms with E-state index in [1.807, 2.05) is 24.9 Å². The topological polar surface area (TPSA) is 73.4 Å². The first-order chi connectivity index (χ1) is 13.0. The fraction of sp³-hybridized carbons (Fsp3) is 0.278. The van der Waals surface area contributed by atoms with Crippen molar-refractivity contribution in [1.29, 1.82) is 0 Å². The third-order valence-electron chi connectivity index (χ3n) is 4.78. The van der Waals surface area contributed by atoms with Crippen LogP contribution >= 0.6 is 23.2 Å². The van der Waals surface area contributed by atoms with Gasteiger partial charge in [0.15, 0.2) is 0 Å². The number of hydrogen-bond acceptors (Lipinski definition) is 6. The molecule has 2 N–H and O–H groups in total. The predicted molar refractivity (Wildman–Crippen MR) is 104 cm³/mol. The number of aromatic nitrogens is 2. The summed E-state index contributed by atoms with van der Waals surface area (Å²) in [6, 6.07) is 6.77. The number of carbonyl (C=O) groups excluding carboxylic acids is 1. The Bertz CT molecular complexity index is 947. The number of amides is 1. The normalized spacial score (nSPS) is 19.2. The van der Waals surface area contributed by atoms with Crippen LogP contribution in [0.2, 0.25) is 10.0 Å². The van der Waals surface area contributed by atoms with E-state index in [-0.39, 0.29) is 17.0 Å². The molecule has 7 nitrogen and oxygen atoms in total. The highest BCUT2D eigenvalue weighted by Gasteiger charge is 2.37. The van der Waals surface area contributed by atoms with E-state index in [9.17, 15) is 4.79 Å². The molecule has 4 rings (SSSR count). The Kier molecular flexibility index (Phi) is 4.67. The highest BCUT2D eigenvalue weighted by atomic mass is 35.5. The van der Waals surface area contributed by atoms with Gasteiger partial charge in [0.2, 0.25) is 5.95 Å². The number of benzene rings is 1. The number of hydrazine groups is 2. The summed E-state index contributed by atoms with van der Waals surface area (Å²) < 4.78 is 0. The molecule has 27 heavy (non-hydrogen) atoms. The lowest BCUT2D eigenvalue weighted by Crippen LogP contribution is -2.45. The van der Waals surface area contributed by atoms with Gasteiger partial charge in [-0.05, 0) is 32.0 Å². The predicted octanol–water partition coefficient (Wildman–Crippen LogP) is 3.07. The second-order valence-electron chi connectivity index (χ2n) is 6.46. The van der Waals surface area contributed by atoms with Crippen molar-refractivity contribution in [2.24, 2.45) is 0 Å². The minimum absolute atomic E-state index is 0.145. The molecule has 1 atom stereocenters. The summed E-state index contributed by atoms with van der Waals surface area (Å²) in [6.07, 6.45) is 2.38. The van der Waals surface area contributed by atoms with Crippen LogP contribution in [0.1, 0.15) is 29.4 Å². The van der Waals surface area contributed by atoms with Gasteiger partial charge in [-0.25, -0.2) is 15.0 Å². The summed E-state index contributed by atoms with van der Waals surface area (Å²) in [7, 11) is 0. The van der Waals surface area contributed by atoms with Gasteiger partial charge in [0.05, 0.1) is 33.0 Å². The Labute approximate surface area is 166 Å². The quantitative estimate of drug-likeness (QED) is 0.800. The maximum Gasteiger partial charge on any atom is 0.255 e. The zero-order valence-corrected chi connectivity index (χ0v) is 16.3. The molecule has 0 saturated carbocycles. The van der Waals surface area contributed by atoms with Crippen molar-refractivity contribution in [1.82, 2.24) is 25.8 Å². The summed E-state index contributed by atoms with van der Waals surface area (Å²) in [5, 5.41) is 2.48. The van der Waals surface area contributed by atoms with Gasteiger partial charge in [-0.3, -0.25) is 4.79 Å². The van der Waals surface area contributed by atoms with E-state index in [0.717, 1.165) is 17.1 Å². The standard InChI is InChI=1S/C18H18Cl2N6O/c1-10-6-8-21-18(22-10)26-14-7-9-25(11(2)16(14)23-24-26)17(27)12-4-3-5-13(19)15(12)20/h3-6,8,11,23-24H,7,9H2,1-2H3/t11-/m1/s1. The Balaban J connectivity index is 1.62. The number of hydrogen-bond donors (Lipinski definition) is 2. The first-order valence-electron chi connectivity index (χ1n) is 8.57. The van der Waals surface area contributed by atoms with Crippen LogP contribution in [0.15, 0.2) is 41.9 Å². The molecule has 0 fully saturated rings. The molecule has 1 aromatic carbocycles. The number of rotatable bonds is 2. The third-order valence-corrected chi connectivity index (χ3v) is 5.60. The third kappa shape index (κ3) is 3.12. The average molecular weight is 405 g/mol. The van der Waals surface area contributed by atoms with Crippen molar-refractivity contribution < 1.29 is 4.79 Å². The molecule has 3 heterocycles. The molecule has 0 bridgehead atoms. The van der Waals surface area contributed by atoms with Crippen LogP contribution in [-0.4, -0.2) is 33.4 Å². The van der Waals surface area contributed by atoms with Crippen molar-refractivity contribution in [3.05, 3.63) is 63.2 Å². The minimum Gasteiger partial charge on any atom is -0.330 e. The Hall–Kier alpha value is -2.35. The average Bonchev–Trinajstić information content (AvgIpc) is 3.09. The number of nitrogens with zero attached hydrogens (tertiary/aromatic N) is 4. The summed E-state index contributed by atoms with van der Waals surface area (Å²) in [4.78, 5) is 23.6. The maximum absolute atomic E-state index is 13.0. The van der Waals surface area contributed by atoms with E-state index in [4.69, 9.17) is 23.2 Å². The van der Waals surface area contributed by atoms with Crippen molar-refractivity contribution in [3.8, 4) is 0 Å². The molecule has 1 amide bonds. The van der Waals surface area contributed by atoms with Gasteiger partial charge in [-0.1, -0.05) is 29.3 Å². The van der Waals surface area contributed by atoms with Crippen molar-refractivity contribution in [2.45, 2.75) is 26.3 Å². The number of carbonyl (C=O) groups is 1. The molecule has 0 radical (unpaired) electrons. The van der Waals surface area contributed by atoms with Gasteiger partial charge in [-0.15, -0.1) is 5.53 Å².